The summed E-state index contributed by atoms with van der Waals surface area (Å²) in [6.07, 6.45) is 11.1. The summed E-state index contributed by atoms with van der Waals surface area (Å²) in [4.78, 5) is 0. The van der Waals surface area contributed by atoms with Crippen LogP contribution in [0.1, 0.15) is 39.0 Å². The average molecular weight is 153 g/mol. The molecule has 1 rings (SSSR count). The van der Waals surface area contributed by atoms with Crippen LogP contribution in [0.2, 0.25) is 0 Å². The lowest BCUT2D eigenvalue weighted by Gasteiger charge is -2.06. The van der Waals surface area contributed by atoms with Gasteiger partial charge >= 0.3 is 0 Å². The van der Waals surface area contributed by atoms with Crippen molar-refractivity contribution in [2.45, 2.75) is 39.0 Å². The third-order valence-corrected chi connectivity index (χ3v) is 2.46. The monoisotopic (exact) mass is 153 g/mol. The molecule has 1 saturated carbocycles. The van der Waals surface area contributed by atoms with Crippen molar-refractivity contribution < 1.29 is 0 Å². The van der Waals surface area contributed by atoms with E-state index in [0.717, 1.165) is 6.54 Å². The molecule has 0 radical (unpaired) electrons. The second-order valence-corrected chi connectivity index (χ2v) is 3.59. The first kappa shape index (κ1) is 8.79. The van der Waals surface area contributed by atoms with Crippen LogP contribution >= 0.6 is 0 Å². The molecule has 0 atom stereocenters. The first-order valence-corrected chi connectivity index (χ1v) is 4.71. The molecule has 0 aromatic carbocycles. The Morgan fingerprint density at radius 1 is 1.45 bits per heavy atom. The molecule has 0 bridgehead atoms. The van der Waals surface area contributed by atoms with Crippen LogP contribution in [0.25, 0.3) is 0 Å². The molecule has 0 aromatic heterocycles. The number of nitrogens with two attached hydrogens (primary N) is 1. The van der Waals surface area contributed by atoms with Crippen molar-refractivity contribution in [1.82, 2.24) is 0 Å². The van der Waals surface area contributed by atoms with E-state index in [2.05, 4.69) is 19.1 Å². The molecule has 11 heavy (non-hydrogen) atoms. The van der Waals surface area contributed by atoms with E-state index in [0.29, 0.717) is 5.41 Å². The minimum absolute atomic E-state index is 0.546. The van der Waals surface area contributed by atoms with Gasteiger partial charge in [0.15, 0.2) is 0 Å². The molecule has 2 N–H and O–H groups in total. The molecule has 64 valence electrons. The molecule has 0 spiro atoms. The highest BCUT2D eigenvalue weighted by Crippen LogP contribution is 2.49. The highest BCUT2D eigenvalue weighted by Gasteiger charge is 2.38. The van der Waals surface area contributed by atoms with Gasteiger partial charge in [0, 0.05) is 0 Å². The van der Waals surface area contributed by atoms with Crippen LogP contribution in [0.5, 0.6) is 0 Å². The fraction of sp³-hybridized carbons (Fsp3) is 0.800. The quantitative estimate of drug-likeness (QED) is 0.603. The average Bonchev–Trinajstić information content (AvgIpc) is 2.71. The van der Waals surface area contributed by atoms with Gasteiger partial charge in [0.05, 0.1) is 0 Å². The van der Waals surface area contributed by atoms with E-state index in [-0.39, 0.29) is 0 Å². The van der Waals surface area contributed by atoms with Crippen LogP contribution in [-0.2, 0) is 0 Å². The van der Waals surface area contributed by atoms with Gasteiger partial charge in [-0.2, -0.15) is 0 Å². The Balaban J connectivity index is 2.23. The predicted molar refractivity (Wildman–Crippen MR) is 49.4 cm³/mol. The SMILES string of the molecule is CCC/C=C/C1(CCN)CC1. The van der Waals surface area contributed by atoms with Crippen LogP contribution in [0.4, 0.5) is 0 Å². The summed E-state index contributed by atoms with van der Waals surface area (Å²) in [6, 6.07) is 0. The first-order valence-electron chi connectivity index (χ1n) is 4.71. The zero-order valence-electron chi connectivity index (χ0n) is 7.47. The minimum atomic E-state index is 0.546. The first-order chi connectivity index (χ1) is 5.33. The molecule has 0 amide bonds. The minimum Gasteiger partial charge on any atom is -0.330 e. The van der Waals surface area contributed by atoms with Gasteiger partial charge in [-0.15, -0.1) is 0 Å². The second-order valence-electron chi connectivity index (χ2n) is 3.59. The van der Waals surface area contributed by atoms with Crippen LogP contribution < -0.4 is 5.73 Å². The Bertz CT molecular complexity index is 134. The molecule has 0 unspecified atom stereocenters. The van der Waals surface area contributed by atoms with Gasteiger partial charge in [-0.25, -0.2) is 0 Å². The zero-order valence-corrected chi connectivity index (χ0v) is 7.47. The van der Waals surface area contributed by atoms with E-state index in [4.69, 9.17) is 5.73 Å². The van der Waals surface area contributed by atoms with Crippen molar-refractivity contribution in [2.75, 3.05) is 6.54 Å². The molecule has 0 aromatic rings. The van der Waals surface area contributed by atoms with E-state index in [1.54, 1.807) is 0 Å². The van der Waals surface area contributed by atoms with Crippen LogP contribution in [0.3, 0.4) is 0 Å². The molecular formula is C10H19N. The summed E-state index contributed by atoms with van der Waals surface area (Å²) in [5.74, 6) is 0. The Morgan fingerprint density at radius 3 is 2.64 bits per heavy atom. The third-order valence-electron chi connectivity index (χ3n) is 2.46. The lowest BCUT2D eigenvalue weighted by molar-refractivity contribution is 0.591. The molecular weight excluding hydrogens is 134 g/mol. The Kier molecular flexibility index (Phi) is 3.13. The molecule has 0 saturated heterocycles. The summed E-state index contributed by atoms with van der Waals surface area (Å²) < 4.78 is 0. The van der Waals surface area contributed by atoms with E-state index in [1.165, 1.54) is 32.1 Å². The Hall–Kier alpha value is -0.300. The van der Waals surface area contributed by atoms with Gasteiger partial charge in [0.1, 0.15) is 0 Å². The Morgan fingerprint density at radius 2 is 2.18 bits per heavy atom. The number of hydrogen-bond donors (Lipinski definition) is 1. The highest BCUT2D eigenvalue weighted by atomic mass is 14.6. The summed E-state index contributed by atoms with van der Waals surface area (Å²) in [7, 11) is 0. The maximum Gasteiger partial charge on any atom is -0.00690 e. The third kappa shape index (κ3) is 2.66. The molecule has 1 aliphatic carbocycles. The Labute approximate surface area is 69.7 Å². The molecule has 1 heteroatoms. The summed E-state index contributed by atoms with van der Waals surface area (Å²) in [6.45, 7) is 3.06. The molecule has 0 aliphatic heterocycles. The van der Waals surface area contributed by atoms with Crippen molar-refractivity contribution in [3.63, 3.8) is 0 Å². The van der Waals surface area contributed by atoms with Gasteiger partial charge in [-0.05, 0) is 37.6 Å². The maximum atomic E-state index is 5.52. The van der Waals surface area contributed by atoms with Crippen LogP contribution in [0.15, 0.2) is 12.2 Å². The lowest BCUT2D eigenvalue weighted by atomic mass is 10.0. The number of rotatable bonds is 5. The van der Waals surface area contributed by atoms with E-state index >= 15 is 0 Å². The topological polar surface area (TPSA) is 26.0 Å². The maximum absolute atomic E-state index is 5.52. The van der Waals surface area contributed by atoms with Crippen molar-refractivity contribution in [1.29, 1.82) is 0 Å². The fourth-order valence-corrected chi connectivity index (χ4v) is 1.45. The standard InChI is InChI=1S/C10H19N/c1-2-3-4-5-10(6-7-10)8-9-11/h4-5H,2-3,6-9,11H2,1H3/b5-4+. The van der Waals surface area contributed by atoms with Gasteiger partial charge in [-0.1, -0.05) is 25.5 Å². The molecule has 1 aliphatic rings. The number of hydrogen-bond acceptors (Lipinski definition) is 1. The van der Waals surface area contributed by atoms with Crippen molar-refractivity contribution in [3.05, 3.63) is 12.2 Å². The summed E-state index contributed by atoms with van der Waals surface area (Å²) in [5.41, 5.74) is 6.07. The second kappa shape index (κ2) is 3.91. The van der Waals surface area contributed by atoms with Gasteiger partial charge in [-0.3, -0.25) is 0 Å². The van der Waals surface area contributed by atoms with E-state index < -0.39 is 0 Å². The normalized spacial score (nSPS) is 20.9. The smallest absolute Gasteiger partial charge is 0.00690 e. The van der Waals surface area contributed by atoms with Gasteiger partial charge in [0.25, 0.3) is 0 Å². The van der Waals surface area contributed by atoms with Crippen LogP contribution in [0, 0.1) is 5.41 Å². The highest BCUT2D eigenvalue weighted by molar-refractivity contribution is 5.09. The lowest BCUT2D eigenvalue weighted by Crippen LogP contribution is -2.06. The van der Waals surface area contributed by atoms with Crippen molar-refractivity contribution in [2.24, 2.45) is 11.1 Å². The molecule has 1 nitrogen and oxygen atoms in total. The van der Waals surface area contributed by atoms with Crippen molar-refractivity contribution >= 4 is 0 Å². The molecule has 1 fully saturated rings. The van der Waals surface area contributed by atoms with E-state index in [9.17, 15) is 0 Å². The largest absolute Gasteiger partial charge is 0.330 e. The van der Waals surface area contributed by atoms with Gasteiger partial charge < -0.3 is 5.73 Å². The molecule has 0 heterocycles. The summed E-state index contributed by atoms with van der Waals surface area (Å²) >= 11 is 0. The van der Waals surface area contributed by atoms with E-state index in [1.807, 2.05) is 0 Å². The number of unbranched alkanes of at least 4 members (excludes halogenated alkanes) is 1. The van der Waals surface area contributed by atoms with Crippen LogP contribution in [-0.4, -0.2) is 6.54 Å². The number of allylic oxidation sites excluding steroid dienone is 2. The summed E-state index contributed by atoms with van der Waals surface area (Å²) in [5, 5.41) is 0. The van der Waals surface area contributed by atoms with Gasteiger partial charge in [0.2, 0.25) is 0 Å². The fourth-order valence-electron chi connectivity index (χ4n) is 1.45. The predicted octanol–water partition coefficient (Wildman–Crippen LogP) is 2.47. The van der Waals surface area contributed by atoms with Crippen molar-refractivity contribution in [3.8, 4) is 0 Å². The zero-order chi connectivity index (χ0) is 8.16.